The van der Waals surface area contributed by atoms with Gasteiger partial charge in [-0.15, -0.1) is 0 Å². The van der Waals surface area contributed by atoms with Crippen molar-refractivity contribution in [2.45, 2.75) is 31.7 Å². The number of halogens is 2. The summed E-state index contributed by atoms with van der Waals surface area (Å²) >= 11 is 12.1. The summed E-state index contributed by atoms with van der Waals surface area (Å²) in [7, 11) is 0. The van der Waals surface area contributed by atoms with Crippen LogP contribution in [0.2, 0.25) is 10.0 Å². The minimum atomic E-state index is -0.884. The molecule has 1 unspecified atom stereocenters. The fourth-order valence-electron chi connectivity index (χ4n) is 2.53. The van der Waals surface area contributed by atoms with Crippen molar-refractivity contribution < 1.29 is 14.7 Å². The smallest absolute Gasteiger partial charge is 0.305 e. The molecule has 0 saturated carbocycles. The van der Waals surface area contributed by atoms with Crippen LogP contribution < -0.4 is 0 Å². The number of carboxylic acid groups (broad SMARTS) is 1. The van der Waals surface area contributed by atoms with Crippen LogP contribution in [0.1, 0.15) is 24.8 Å². The summed E-state index contributed by atoms with van der Waals surface area (Å²) in [5.74, 6) is -1.01. The number of carbonyl (C=O) groups excluding carboxylic acids is 1. The molecular formula is C14H15Cl2NO3. The first-order valence-corrected chi connectivity index (χ1v) is 7.18. The zero-order valence-corrected chi connectivity index (χ0v) is 12.3. The van der Waals surface area contributed by atoms with Gasteiger partial charge in [0.15, 0.2) is 0 Å². The van der Waals surface area contributed by atoms with E-state index in [1.54, 1.807) is 23.1 Å². The molecule has 0 bridgehead atoms. The minimum absolute atomic E-state index is 0.0119. The topological polar surface area (TPSA) is 57.6 Å². The Morgan fingerprint density at radius 2 is 1.95 bits per heavy atom. The van der Waals surface area contributed by atoms with Gasteiger partial charge in [0.25, 0.3) is 0 Å². The lowest BCUT2D eigenvalue weighted by Crippen LogP contribution is -2.37. The van der Waals surface area contributed by atoms with Gasteiger partial charge in [0, 0.05) is 22.6 Å². The van der Waals surface area contributed by atoms with Crippen molar-refractivity contribution in [2.75, 3.05) is 6.54 Å². The summed E-state index contributed by atoms with van der Waals surface area (Å²) < 4.78 is 0. The van der Waals surface area contributed by atoms with E-state index in [-0.39, 0.29) is 24.8 Å². The Bertz CT molecular complexity index is 513. The molecular weight excluding hydrogens is 301 g/mol. The molecule has 1 atom stereocenters. The van der Waals surface area contributed by atoms with Crippen LogP contribution >= 0.6 is 23.2 Å². The van der Waals surface area contributed by atoms with E-state index in [4.69, 9.17) is 28.3 Å². The van der Waals surface area contributed by atoms with Gasteiger partial charge < -0.3 is 10.0 Å². The average molecular weight is 316 g/mol. The van der Waals surface area contributed by atoms with E-state index >= 15 is 0 Å². The van der Waals surface area contributed by atoms with Gasteiger partial charge in [0.2, 0.25) is 5.91 Å². The molecule has 0 radical (unpaired) electrons. The van der Waals surface area contributed by atoms with E-state index in [2.05, 4.69) is 0 Å². The molecule has 1 N–H and O–H groups in total. The zero-order chi connectivity index (χ0) is 14.7. The SMILES string of the molecule is O=C(O)CC1CCCN1C(=O)Cc1c(Cl)cccc1Cl. The number of nitrogens with zero attached hydrogens (tertiary/aromatic N) is 1. The molecule has 1 aliphatic rings. The molecule has 108 valence electrons. The number of hydrogen-bond acceptors (Lipinski definition) is 2. The van der Waals surface area contributed by atoms with Gasteiger partial charge in [-0.1, -0.05) is 29.3 Å². The summed E-state index contributed by atoms with van der Waals surface area (Å²) in [6.07, 6.45) is 1.66. The van der Waals surface area contributed by atoms with Crippen molar-refractivity contribution in [3.8, 4) is 0 Å². The Balaban J connectivity index is 2.09. The number of amides is 1. The summed E-state index contributed by atoms with van der Waals surface area (Å²) in [5.41, 5.74) is 0.599. The third-order valence-corrected chi connectivity index (χ3v) is 4.21. The molecule has 2 rings (SSSR count). The van der Waals surface area contributed by atoms with Crippen LogP contribution in [0.5, 0.6) is 0 Å². The third-order valence-electron chi connectivity index (χ3n) is 3.50. The maximum atomic E-state index is 12.3. The number of carbonyl (C=O) groups is 2. The van der Waals surface area contributed by atoms with Crippen molar-refractivity contribution in [3.05, 3.63) is 33.8 Å². The minimum Gasteiger partial charge on any atom is -0.481 e. The summed E-state index contributed by atoms with van der Waals surface area (Å²) in [6, 6.07) is 4.88. The normalized spacial score (nSPS) is 18.3. The van der Waals surface area contributed by atoms with Crippen LogP contribution in [-0.2, 0) is 16.0 Å². The van der Waals surface area contributed by atoms with E-state index in [0.717, 1.165) is 12.8 Å². The van der Waals surface area contributed by atoms with E-state index in [1.807, 2.05) is 0 Å². The highest BCUT2D eigenvalue weighted by Crippen LogP contribution is 2.27. The number of benzene rings is 1. The number of likely N-dealkylation sites (tertiary alicyclic amines) is 1. The van der Waals surface area contributed by atoms with Crippen LogP contribution in [0, 0.1) is 0 Å². The first-order valence-electron chi connectivity index (χ1n) is 6.43. The fourth-order valence-corrected chi connectivity index (χ4v) is 3.06. The summed E-state index contributed by atoms with van der Waals surface area (Å²) in [5, 5.41) is 9.79. The first kappa shape index (κ1) is 15.1. The molecule has 0 aliphatic carbocycles. The quantitative estimate of drug-likeness (QED) is 0.929. The second-order valence-corrected chi connectivity index (χ2v) is 5.67. The predicted octanol–water partition coefficient (Wildman–Crippen LogP) is 3.00. The van der Waals surface area contributed by atoms with Gasteiger partial charge >= 0.3 is 5.97 Å². The fraction of sp³-hybridized carbons (Fsp3) is 0.429. The standard InChI is InChI=1S/C14H15Cl2NO3/c15-11-4-1-5-12(16)10(11)8-13(18)17-6-2-3-9(17)7-14(19)20/h1,4-5,9H,2-3,6-8H2,(H,19,20). The maximum Gasteiger partial charge on any atom is 0.305 e. The van der Waals surface area contributed by atoms with Gasteiger partial charge in [-0.3, -0.25) is 9.59 Å². The highest BCUT2D eigenvalue weighted by atomic mass is 35.5. The van der Waals surface area contributed by atoms with Gasteiger partial charge in [-0.2, -0.15) is 0 Å². The van der Waals surface area contributed by atoms with E-state index < -0.39 is 5.97 Å². The van der Waals surface area contributed by atoms with Crippen LogP contribution in [0.4, 0.5) is 0 Å². The van der Waals surface area contributed by atoms with Crippen LogP contribution in [0.25, 0.3) is 0 Å². The number of hydrogen-bond donors (Lipinski definition) is 1. The van der Waals surface area contributed by atoms with Gasteiger partial charge in [-0.25, -0.2) is 0 Å². The average Bonchev–Trinajstić information content (AvgIpc) is 2.81. The summed E-state index contributed by atoms with van der Waals surface area (Å²) in [6.45, 7) is 0.596. The second kappa shape index (κ2) is 6.46. The maximum absolute atomic E-state index is 12.3. The molecule has 20 heavy (non-hydrogen) atoms. The van der Waals surface area contributed by atoms with Crippen LogP contribution in [0.3, 0.4) is 0 Å². The highest BCUT2D eigenvalue weighted by Gasteiger charge is 2.30. The lowest BCUT2D eigenvalue weighted by molar-refractivity contribution is -0.139. The monoisotopic (exact) mass is 315 g/mol. The van der Waals surface area contributed by atoms with E-state index in [0.29, 0.717) is 22.2 Å². The highest BCUT2D eigenvalue weighted by molar-refractivity contribution is 6.36. The molecule has 1 aliphatic heterocycles. The lowest BCUT2D eigenvalue weighted by Gasteiger charge is -2.24. The van der Waals surface area contributed by atoms with Crippen LogP contribution in [-0.4, -0.2) is 34.5 Å². The molecule has 1 aromatic carbocycles. The molecule has 4 nitrogen and oxygen atoms in total. The van der Waals surface area contributed by atoms with Crippen molar-refractivity contribution >= 4 is 35.1 Å². The van der Waals surface area contributed by atoms with Crippen molar-refractivity contribution in [1.82, 2.24) is 4.90 Å². The molecule has 1 amide bonds. The molecule has 1 aromatic rings. The molecule has 6 heteroatoms. The van der Waals surface area contributed by atoms with Gasteiger partial charge in [0.05, 0.1) is 12.8 Å². The number of rotatable bonds is 4. The van der Waals surface area contributed by atoms with Crippen molar-refractivity contribution in [3.63, 3.8) is 0 Å². The predicted molar refractivity (Wildman–Crippen MR) is 77.2 cm³/mol. The Labute approximate surface area is 127 Å². The molecule has 0 aromatic heterocycles. The molecule has 1 heterocycles. The van der Waals surface area contributed by atoms with E-state index in [1.165, 1.54) is 0 Å². The Kier molecular flexibility index (Phi) is 4.89. The van der Waals surface area contributed by atoms with Crippen molar-refractivity contribution in [2.24, 2.45) is 0 Å². The molecule has 0 spiro atoms. The zero-order valence-electron chi connectivity index (χ0n) is 10.8. The number of aliphatic carboxylic acids is 1. The lowest BCUT2D eigenvalue weighted by atomic mass is 10.1. The Morgan fingerprint density at radius 3 is 2.55 bits per heavy atom. The molecule has 1 saturated heterocycles. The molecule has 1 fully saturated rings. The van der Waals surface area contributed by atoms with Crippen molar-refractivity contribution in [1.29, 1.82) is 0 Å². The van der Waals surface area contributed by atoms with Gasteiger partial charge in [0.1, 0.15) is 0 Å². The largest absolute Gasteiger partial charge is 0.481 e. The Morgan fingerprint density at radius 1 is 1.30 bits per heavy atom. The second-order valence-electron chi connectivity index (χ2n) is 4.86. The van der Waals surface area contributed by atoms with Gasteiger partial charge in [-0.05, 0) is 30.5 Å². The third kappa shape index (κ3) is 3.44. The Hall–Kier alpha value is -1.26. The number of carboxylic acids is 1. The van der Waals surface area contributed by atoms with Crippen LogP contribution in [0.15, 0.2) is 18.2 Å². The first-order chi connectivity index (χ1) is 9.49. The summed E-state index contributed by atoms with van der Waals surface area (Å²) in [4.78, 5) is 24.8. The van der Waals surface area contributed by atoms with E-state index in [9.17, 15) is 9.59 Å².